The number of nitrogens with one attached hydrogen (secondary N) is 2. The van der Waals surface area contributed by atoms with E-state index in [9.17, 15) is 9.59 Å². The van der Waals surface area contributed by atoms with Gasteiger partial charge >= 0.3 is 6.03 Å². The van der Waals surface area contributed by atoms with Crippen molar-refractivity contribution in [2.45, 2.75) is 24.0 Å². The molecule has 0 radical (unpaired) electrons. The van der Waals surface area contributed by atoms with Crippen molar-refractivity contribution in [2.24, 2.45) is 0 Å². The minimum absolute atomic E-state index is 0.0634. The summed E-state index contributed by atoms with van der Waals surface area (Å²) in [7, 11) is 0. The molecule has 0 saturated carbocycles. The van der Waals surface area contributed by atoms with Gasteiger partial charge in [0.25, 0.3) is 5.91 Å². The van der Waals surface area contributed by atoms with Gasteiger partial charge in [0, 0.05) is 47.1 Å². The average molecular weight is 478 g/mol. The lowest BCUT2D eigenvalue weighted by Crippen LogP contribution is -2.41. The van der Waals surface area contributed by atoms with E-state index in [0.29, 0.717) is 50.0 Å². The van der Waals surface area contributed by atoms with E-state index < -0.39 is 0 Å². The lowest BCUT2D eigenvalue weighted by atomic mass is 10.0. The van der Waals surface area contributed by atoms with Crippen molar-refractivity contribution in [3.63, 3.8) is 0 Å². The number of amides is 3. The van der Waals surface area contributed by atoms with Crippen LogP contribution >= 0.6 is 11.8 Å². The third kappa shape index (κ3) is 4.41. The van der Waals surface area contributed by atoms with Crippen LogP contribution < -0.4 is 10.6 Å². The van der Waals surface area contributed by atoms with Crippen LogP contribution in [0, 0.1) is 0 Å². The first-order chi connectivity index (χ1) is 16.7. The Labute approximate surface area is 202 Å². The molecule has 34 heavy (non-hydrogen) atoms. The van der Waals surface area contributed by atoms with E-state index in [4.69, 9.17) is 9.84 Å². The van der Waals surface area contributed by atoms with E-state index in [1.54, 1.807) is 11.8 Å². The Morgan fingerprint density at radius 3 is 2.76 bits per heavy atom. The number of nitrogens with zero attached hydrogens (tertiary/aromatic N) is 3. The number of morpholine rings is 1. The quantitative estimate of drug-likeness (QED) is 0.576. The highest BCUT2D eigenvalue weighted by Gasteiger charge is 2.31. The summed E-state index contributed by atoms with van der Waals surface area (Å²) in [4.78, 5) is 28.6. The first kappa shape index (κ1) is 22.5. The Morgan fingerprint density at radius 2 is 1.94 bits per heavy atom. The van der Waals surface area contributed by atoms with Gasteiger partial charge in [0.15, 0.2) is 5.69 Å². The fraction of sp³-hybridized carbons (Fsp3) is 0.320. The number of urea groups is 1. The number of hydrogen-bond acceptors (Lipinski definition) is 5. The van der Waals surface area contributed by atoms with E-state index in [1.165, 1.54) is 0 Å². The van der Waals surface area contributed by atoms with Gasteiger partial charge in [0.05, 0.1) is 24.6 Å². The number of hydrogen-bond donors (Lipinski definition) is 2. The summed E-state index contributed by atoms with van der Waals surface area (Å²) < 4.78 is 7.27. The smallest absolute Gasteiger partial charge is 0.319 e. The molecule has 0 aliphatic carbocycles. The molecule has 3 aromatic rings. The molecule has 5 rings (SSSR count). The lowest BCUT2D eigenvalue weighted by Gasteiger charge is -2.26. The second kappa shape index (κ2) is 9.90. The topological polar surface area (TPSA) is 88.5 Å². The second-order valence-corrected chi connectivity index (χ2v) is 9.23. The summed E-state index contributed by atoms with van der Waals surface area (Å²) in [6.07, 6.45) is 0.865. The Hall–Kier alpha value is -3.30. The van der Waals surface area contributed by atoms with E-state index in [2.05, 4.69) is 22.8 Å². The summed E-state index contributed by atoms with van der Waals surface area (Å²) in [5, 5.41) is 10.6. The van der Waals surface area contributed by atoms with Gasteiger partial charge in [-0.1, -0.05) is 31.2 Å². The highest BCUT2D eigenvalue weighted by molar-refractivity contribution is 7.98. The number of aromatic nitrogens is 2. The number of benzene rings is 2. The summed E-state index contributed by atoms with van der Waals surface area (Å²) >= 11 is 1.72. The molecule has 2 N–H and O–H groups in total. The highest BCUT2D eigenvalue weighted by atomic mass is 32.2. The van der Waals surface area contributed by atoms with Crippen LogP contribution in [-0.4, -0.2) is 59.5 Å². The first-order valence-corrected chi connectivity index (χ1v) is 12.5. The summed E-state index contributed by atoms with van der Waals surface area (Å²) in [6, 6.07) is 15.5. The molecule has 2 aliphatic rings. The molecule has 3 amide bonds. The minimum atomic E-state index is -0.244. The monoisotopic (exact) mass is 477 g/mol. The molecule has 2 aliphatic heterocycles. The molecule has 0 unspecified atom stereocenters. The highest BCUT2D eigenvalue weighted by Crippen LogP contribution is 2.44. The number of rotatable bonds is 5. The zero-order valence-corrected chi connectivity index (χ0v) is 19.9. The molecule has 0 atom stereocenters. The number of anilines is 1. The van der Waals surface area contributed by atoms with Crippen molar-refractivity contribution in [3.8, 4) is 16.9 Å². The van der Waals surface area contributed by atoms with Crippen LogP contribution in [0.5, 0.6) is 0 Å². The van der Waals surface area contributed by atoms with E-state index >= 15 is 0 Å². The van der Waals surface area contributed by atoms with E-state index in [1.807, 2.05) is 52.9 Å². The van der Waals surface area contributed by atoms with Crippen LogP contribution in [0.2, 0.25) is 0 Å². The molecule has 1 fully saturated rings. The van der Waals surface area contributed by atoms with Crippen molar-refractivity contribution < 1.29 is 14.3 Å². The van der Waals surface area contributed by atoms with Crippen LogP contribution in [0.25, 0.3) is 16.9 Å². The van der Waals surface area contributed by atoms with Gasteiger partial charge < -0.3 is 20.3 Å². The van der Waals surface area contributed by atoms with Gasteiger partial charge in [0.1, 0.15) is 0 Å². The molecular weight excluding hydrogens is 450 g/mol. The van der Waals surface area contributed by atoms with Gasteiger partial charge in [0.2, 0.25) is 0 Å². The van der Waals surface area contributed by atoms with Gasteiger partial charge in [-0.2, -0.15) is 5.10 Å². The van der Waals surface area contributed by atoms with Gasteiger partial charge in [-0.15, -0.1) is 11.8 Å². The zero-order chi connectivity index (χ0) is 23.5. The lowest BCUT2D eigenvalue weighted by molar-refractivity contribution is 0.0298. The largest absolute Gasteiger partial charge is 0.378 e. The molecule has 2 aromatic carbocycles. The maximum atomic E-state index is 13.5. The predicted octanol–water partition coefficient (Wildman–Crippen LogP) is 4.15. The Balaban J connectivity index is 1.57. The Morgan fingerprint density at radius 1 is 1.12 bits per heavy atom. The minimum Gasteiger partial charge on any atom is -0.378 e. The molecule has 1 aromatic heterocycles. The van der Waals surface area contributed by atoms with Crippen LogP contribution in [-0.2, 0) is 10.5 Å². The third-order valence-corrected chi connectivity index (χ3v) is 6.98. The molecule has 0 bridgehead atoms. The number of ether oxygens (including phenoxy) is 1. The number of fused-ring (bicyclic) bond motifs is 3. The van der Waals surface area contributed by atoms with Crippen LogP contribution in [0.3, 0.4) is 0 Å². The van der Waals surface area contributed by atoms with Crippen molar-refractivity contribution in [1.29, 1.82) is 0 Å². The Bertz CT molecular complexity index is 1220. The molecule has 8 nitrogen and oxygen atoms in total. The molecular formula is C25H27N5O3S. The summed E-state index contributed by atoms with van der Waals surface area (Å²) in [5.74, 6) is 0.612. The van der Waals surface area contributed by atoms with E-state index in [-0.39, 0.29) is 11.9 Å². The fourth-order valence-electron chi connectivity index (χ4n) is 4.21. The van der Waals surface area contributed by atoms with Crippen molar-refractivity contribution in [1.82, 2.24) is 20.0 Å². The van der Waals surface area contributed by atoms with Crippen LogP contribution in [0.4, 0.5) is 10.5 Å². The second-order valence-electron chi connectivity index (χ2n) is 8.21. The fourth-order valence-corrected chi connectivity index (χ4v) is 5.27. The van der Waals surface area contributed by atoms with E-state index in [0.717, 1.165) is 33.8 Å². The standard InChI is InChI=1S/C25H27N5O3S/c1-2-10-26-25(32)27-17-6-5-7-18(15-17)30-23-19-8-3-4-9-21(19)34-16-20(23)22(28-30)24(31)29-11-13-33-14-12-29/h3-9,15H,2,10-14,16H2,1H3,(H2,26,27,32). The van der Waals surface area contributed by atoms with Crippen LogP contribution in [0.15, 0.2) is 53.4 Å². The third-order valence-electron chi connectivity index (χ3n) is 5.88. The van der Waals surface area contributed by atoms with Gasteiger partial charge in [-0.05, 0) is 30.7 Å². The SMILES string of the molecule is CCCNC(=O)Nc1cccc(-n2nc(C(=O)N3CCOCC3)c3c2-c2ccccc2SC3)c1. The van der Waals surface area contributed by atoms with Gasteiger partial charge in [-0.25, -0.2) is 9.48 Å². The Kier molecular flexibility index (Phi) is 6.55. The molecule has 0 spiro atoms. The summed E-state index contributed by atoms with van der Waals surface area (Å²) in [5.41, 5.74) is 4.86. The molecule has 3 heterocycles. The van der Waals surface area contributed by atoms with Gasteiger partial charge in [-0.3, -0.25) is 4.79 Å². The maximum absolute atomic E-state index is 13.5. The molecule has 1 saturated heterocycles. The van der Waals surface area contributed by atoms with Crippen molar-refractivity contribution in [3.05, 3.63) is 59.8 Å². The molecule has 9 heteroatoms. The molecule has 176 valence electrons. The number of carbonyl (C=O) groups excluding carboxylic acids is 2. The first-order valence-electron chi connectivity index (χ1n) is 11.5. The van der Waals surface area contributed by atoms with Crippen LogP contribution in [0.1, 0.15) is 29.4 Å². The predicted molar refractivity (Wildman–Crippen MR) is 133 cm³/mol. The average Bonchev–Trinajstić information content (AvgIpc) is 3.28. The number of thioether (sulfide) groups is 1. The van der Waals surface area contributed by atoms with Crippen molar-refractivity contribution in [2.75, 3.05) is 38.2 Å². The maximum Gasteiger partial charge on any atom is 0.319 e. The zero-order valence-electron chi connectivity index (χ0n) is 19.0. The summed E-state index contributed by atoms with van der Waals surface area (Å²) in [6.45, 7) is 4.83. The van der Waals surface area contributed by atoms with Crippen molar-refractivity contribution >= 4 is 29.4 Å². The number of carbonyl (C=O) groups is 2. The normalized spacial score (nSPS) is 14.8.